The Bertz CT molecular complexity index is 905. The molecular weight excluding hydrogens is 378 g/mol. The number of fused-ring (bicyclic) bond motifs is 1. The lowest BCUT2D eigenvalue weighted by molar-refractivity contribution is 0.0322. The van der Waals surface area contributed by atoms with Crippen molar-refractivity contribution < 1.29 is 9.53 Å². The molecule has 1 atom stereocenters. The topological polar surface area (TPSA) is 73.5 Å². The van der Waals surface area contributed by atoms with Gasteiger partial charge < -0.3 is 10.1 Å². The number of ether oxygens (including phenoxy) is 1. The zero-order valence-electron chi connectivity index (χ0n) is 17.7. The van der Waals surface area contributed by atoms with Gasteiger partial charge in [0.05, 0.1) is 5.69 Å². The highest BCUT2D eigenvalue weighted by molar-refractivity contribution is 5.74. The molecule has 0 radical (unpaired) electrons. The first kappa shape index (κ1) is 19.6. The summed E-state index contributed by atoms with van der Waals surface area (Å²) in [6, 6.07) is 7.31. The number of aromatic amines is 1. The summed E-state index contributed by atoms with van der Waals surface area (Å²) in [6.07, 6.45) is 8.58. The Morgan fingerprint density at radius 2 is 2.07 bits per heavy atom. The minimum absolute atomic E-state index is 0.391. The van der Waals surface area contributed by atoms with E-state index in [1.165, 1.54) is 37.7 Å². The highest BCUT2D eigenvalue weighted by atomic mass is 16.6. The smallest absolute Gasteiger partial charge is 0.410 e. The van der Waals surface area contributed by atoms with Gasteiger partial charge in [0, 0.05) is 67.7 Å². The average molecular weight is 410 g/mol. The van der Waals surface area contributed by atoms with Crippen LogP contribution < -0.4 is 10.1 Å². The number of benzene rings is 1. The number of nitrogens with zero attached hydrogens (tertiary/aromatic N) is 3. The predicted molar refractivity (Wildman–Crippen MR) is 115 cm³/mol. The number of amides is 1. The van der Waals surface area contributed by atoms with E-state index in [4.69, 9.17) is 4.74 Å². The molecule has 5 rings (SSSR count). The summed E-state index contributed by atoms with van der Waals surface area (Å²) in [5.41, 5.74) is 4.24. The second-order valence-corrected chi connectivity index (χ2v) is 8.94. The van der Waals surface area contributed by atoms with Crippen LogP contribution in [-0.4, -0.2) is 57.8 Å². The van der Waals surface area contributed by atoms with E-state index in [1.54, 1.807) is 0 Å². The van der Waals surface area contributed by atoms with Gasteiger partial charge in [-0.1, -0.05) is 19.3 Å². The normalized spacial score (nSPS) is 23.6. The second kappa shape index (κ2) is 8.40. The van der Waals surface area contributed by atoms with Crippen LogP contribution in [-0.2, 0) is 13.1 Å². The number of hydrogen-bond donors (Lipinski definition) is 2. The third kappa shape index (κ3) is 3.96. The highest BCUT2D eigenvalue weighted by Gasteiger charge is 2.30. The van der Waals surface area contributed by atoms with Crippen LogP contribution in [0.4, 0.5) is 4.79 Å². The van der Waals surface area contributed by atoms with Crippen molar-refractivity contribution in [1.82, 2.24) is 25.3 Å². The fourth-order valence-electron chi connectivity index (χ4n) is 5.34. The fraction of sp³-hybridized carbons (Fsp3) is 0.565. The third-order valence-electron chi connectivity index (χ3n) is 6.88. The van der Waals surface area contributed by atoms with Crippen LogP contribution in [0.25, 0.3) is 11.3 Å². The van der Waals surface area contributed by atoms with Crippen LogP contribution in [0.15, 0.2) is 24.4 Å². The van der Waals surface area contributed by atoms with Crippen molar-refractivity contribution >= 4 is 6.09 Å². The maximum absolute atomic E-state index is 11.4. The molecule has 0 bridgehead atoms. The van der Waals surface area contributed by atoms with E-state index in [-0.39, 0.29) is 0 Å². The summed E-state index contributed by atoms with van der Waals surface area (Å²) in [5.74, 6) is 0.632. The molecule has 2 aliphatic heterocycles. The van der Waals surface area contributed by atoms with E-state index < -0.39 is 6.09 Å². The Morgan fingerprint density at radius 3 is 2.90 bits per heavy atom. The SMILES string of the molecule is C[C@@H]1CN(Cc2c[nH]nc2-c2ccc3c(c2)CNC(=O)O3)CCN1C1CCCCC1. The molecule has 2 fully saturated rings. The van der Waals surface area contributed by atoms with E-state index >= 15 is 0 Å². The summed E-state index contributed by atoms with van der Waals surface area (Å²) < 4.78 is 5.24. The van der Waals surface area contributed by atoms with Crippen molar-refractivity contribution in [2.24, 2.45) is 0 Å². The average Bonchev–Trinajstić information content (AvgIpc) is 3.22. The predicted octanol–water partition coefficient (Wildman–Crippen LogP) is 3.52. The van der Waals surface area contributed by atoms with Gasteiger partial charge in [0.1, 0.15) is 5.75 Å². The molecule has 3 heterocycles. The summed E-state index contributed by atoms with van der Waals surface area (Å²) in [4.78, 5) is 16.7. The molecule has 1 aromatic heterocycles. The minimum Gasteiger partial charge on any atom is -0.410 e. The van der Waals surface area contributed by atoms with Crippen molar-refractivity contribution in [2.45, 2.75) is 64.2 Å². The van der Waals surface area contributed by atoms with Crippen LogP contribution in [0, 0.1) is 0 Å². The van der Waals surface area contributed by atoms with E-state index in [2.05, 4.69) is 38.3 Å². The number of carbonyl (C=O) groups is 1. The quantitative estimate of drug-likeness (QED) is 0.808. The summed E-state index contributed by atoms with van der Waals surface area (Å²) in [6.45, 7) is 7.14. The van der Waals surface area contributed by atoms with Gasteiger partial charge in [-0.05, 0) is 38.0 Å². The molecule has 160 valence electrons. The lowest BCUT2D eigenvalue weighted by atomic mass is 9.92. The molecule has 1 aliphatic carbocycles. The zero-order valence-corrected chi connectivity index (χ0v) is 17.7. The first-order chi connectivity index (χ1) is 14.7. The highest BCUT2D eigenvalue weighted by Crippen LogP contribution is 2.31. The van der Waals surface area contributed by atoms with Gasteiger partial charge in [0.15, 0.2) is 0 Å². The van der Waals surface area contributed by atoms with E-state index in [1.807, 2.05) is 18.3 Å². The molecule has 0 spiro atoms. The summed E-state index contributed by atoms with van der Waals surface area (Å²) in [7, 11) is 0. The Kier molecular flexibility index (Phi) is 5.48. The Labute approximate surface area is 177 Å². The molecule has 1 saturated heterocycles. The van der Waals surface area contributed by atoms with Crippen LogP contribution in [0.5, 0.6) is 5.75 Å². The van der Waals surface area contributed by atoms with Crippen LogP contribution in [0.1, 0.15) is 50.2 Å². The van der Waals surface area contributed by atoms with Crippen molar-refractivity contribution in [2.75, 3.05) is 19.6 Å². The number of nitrogens with one attached hydrogen (secondary N) is 2. The van der Waals surface area contributed by atoms with Crippen molar-refractivity contribution in [3.05, 3.63) is 35.5 Å². The van der Waals surface area contributed by atoms with E-state index in [0.29, 0.717) is 18.3 Å². The van der Waals surface area contributed by atoms with Gasteiger partial charge in [-0.25, -0.2) is 4.79 Å². The van der Waals surface area contributed by atoms with Gasteiger partial charge in [0.25, 0.3) is 0 Å². The van der Waals surface area contributed by atoms with Crippen molar-refractivity contribution in [3.63, 3.8) is 0 Å². The maximum Gasteiger partial charge on any atom is 0.412 e. The Balaban J connectivity index is 1.26. The fourth-order valence-corrected chi connectivity index (χ4v) is 5.34. The second-order valence-electron chi connectivity index (χ2n) is 8.94. The van der Waals surface area contributed by atoms with Gasteiger partial charge in [-0.2, -0.15) is 5.10 Å². The molecule has 1 saturated carbocycles. The number of rotatable bonds is 4. The van der Waals surface area contributed by atoms with Gasteiger partial charge in [-0.15, -0.1) is 0 Å². The van der Waals surface area contributed by atoms with Crippen molar-refractivity contribution in [1.29, 1.82) is 0 Å². The number of carbonyl (C=O) groups excluding carboxylic acids is 1. The summed E-state index contributed by atoms with van der Waals surface area (Å²) in [5, 5.41) is 10.3. The largest absolute Gasteiger partial charge is 0.412 e. The maximum atomic E-state index is 11.4. The monoisotopic (exact) mass is 409 g/mol. The minimum atomic E-state index is -0.391. The first-order valence-electron chi connectivity index (χ1n) is 11.3. The van der Waals surface area contributed by atoms with Crippen LogP contribution in [0.3, 0.4) is 0 Å². The molecule has 2 aromatic rings. The molecule has 0 unspecified atom stereocenters. The lowest BCUT2D eigenvalue weighted by Gasteiger charge is -2.45. The lowest BCUT2D eigenvalue weighted by Crippen LogP contribution is -2.55. The Hall–Kier alpha value is -2.38. The molecular formula is C23H31N5O2. The first-order valence-corrected chi connectivity index (χ1v) is 11.3. The zero-order chi connectivity index (χ0) is 20.5. The molecule has 1 amide bonds. The van der Waals surface area contributed by atoms with E-state index in [0.717, 1.165) is 49.0 Å². The molecule has 2 N–H and O–H groups in total. The number of H-pyrrole nitrogens is 1. The van der Waals surface area contributed by atoms with Gasteiger partial charge >= 0.3 is 6.09 Å². The third-order valence-corrected chi connectivity index (χ3v) is 6.88. The van der Waals surface area contributed by atoms with Gasteiger partial charge in [-0.3, -0.25) is 14.9 Å². The number of aromatic nitrogens is 2. The molecule has 7 heteroatoms. The standard InChI is InChI=1S/C23H31N5O2/c1-16-14-27(9-10-28(16)20-5-3-2-4-6-20)15-19-13-25-26-22(19)17-7-8-21-18(11-17)12-24-23(29)30-21/h7-8,11,13,16,20H,2-6,9-10,12,14-15H2,1H3,(H,24,29)(H,25,26)/t16-/m1/s1. The van der Waals surface area contributed by atoms with Crippen LogP contribution >= 0.6 is 0 Å². The molecule has 30 heavy (non-hydrogen) atoms. The number of piperazine rings is 1. The number of hydrogen-bond acceptors (Lipinski definition) is 5. The summed E-state index contributed by atoms with van der Waals surface area (Å²) >= 11 is 0. The van der Waals surface area contributed by atoms with Gasteiger partial charge in [0.2, 0.25) is 0 Å². The molecule has 7 nitrogen and oxygen atoms in total. The molecule has 1 aromatic carbocycles. The van der Waals surface area contributed by atoms with Crippen molar-refractivity contribution in [3.8, 4) is 17.0 Å². The molecule has 3 aliphatic rings. The Morgan fingerprint density at radius 1 is 1.20 bits per heavy atom. The van der Waals surface area contributed by atoms with E-state index in [9.17, 15) is 4.79 Å². The van der Waals surface area contributed by atoms with Crippen LogP contribution in [0.2, 0.25) is 0 Å².